The van der Waals surface area contributed by atoms with E-state index in [2.05, 4.69) is 23.0 Å². The molecular formula is C16H15N3S. The Labute approximate surface area is 122 Å². The van der Waals surface area contributed by atoms with Crippen molar-refractivity contribution < 1.29 is 0 Å². The van der Waals surface area contributed by atoms with Crippen molar-refractivity contribution in [2.24, 2.45) is 5.92 Å². The topological polar surface area (TPSA) is 49.6 Å². The van der Waals surface area contributed by atoms with Crippen LogP contribution in [-0.4, -0.2) is 9.97 Å². The van der Waals surface area contributed by atoms with Crippen LogP contribution in [0.25, 0.3) is 11.6 Å². The molecule has 0 radical (unpaired) electrons. The average molecular weight is 281 g/mol. The molecule has 0 fully saturated rings. The minimum Gasteiger partial charge on any atom is -0.265 e. The van der Waals surface area contributed by atoms with Gasteiger partial charge in [0.2, 0.25) is 0 Å². The molecule has 0 spiro atoms. The molecule has 0 aliphatic heterocycles. The fourth-order valence-corrected chi connectivity index (χ4v) is 3.66. The molecule has 100 valence electrons. The number of hydrogen-bond acceptors (Lipinski definition) is 4. The summed E-state index contributed by atoms with van der Waals surface area (Å²) >= 11 is 1.67. The first kappa shape index (κ1) is 13.0. The van der Waals surface area contributed by atoms with Crippen LogP contribution in [0.3, 0.4) is 0 Å². The lowest BCUT2D eigenvalue weighted by Crippen LogP contribution is -2.09. The third-order valence-electron chi connectivity index (χ3n) is 3.55. The standard InChI is InChI=1S/C16H15N3S/c1-11-2-3-14-15(8-11)20-16(19-14)13(10-17)9-12-4-6-18-7-5-12/h4-7,9,11H,2-3,8H2,1H3/b13-9+. The van der Waals surface area contributed by atoms with Crippen molar-refractivity contribution >= 4 is 23.0 Å². The normalized spacial score (nSPS) is 18.4. The summed E-state index contributed by atoms with van der Waals surface area (Å²) in [6.07, 6.45) is 8.69. The molecule has 3 rings (SSSR count). The Hall–Kier alpha value is -1.99. The molecule has 0 N–H and O–H groups in total. The molecule has 2 aromatic heterocycles. The Balaban J connectivity index is 1.95. The van der Waals surface area contributed by atoms with Gasteiger partial charge in [-0.3, -0.25) is 4.98 Å². The molecule has 2 aromatic rings. The highest BCUT2D eigenvalue weighted by Gasteiger charge is 2.20. The molecule has 0 aromatic carbocycles. The van der Waals surface area contributed by atoms with Gasteiger partial charge >= 0.3 is 0 Å². The maximum absolute atomic E-state index is 9.39. The quantitative estimate of drug-likeness (QED) is 0.788. The average Bonchev–Trinajstić information content (AvgIpc) is 2.88. The highest BCUT2D eigenvalue weighted by molar-refractivity contribution is 7.13. The van der Waals surface area contributed by atoms with Crippen molar-refractivity contribution in [3.8, 4) is 6.07 Å². The number of allylic oxidation sites excluding steroid dienone is 1. The van der Waals surface area contributed by atoms with Gasteiger partial charge in [0.15, 0.2) is 0 Å². The van der Waals surface area contributed by atoms with Gasteiger partial charge in [0.1, 0.15) is 11.1 Å². The number of pyridine rings is 1. The van der Waals surface area contributed by atoms with Crippen molar-refractivity contribution in [1.29, 1.82) is 5.26 Å². The molecule has 0 saturated carbocycles. The maximum atomic E-state index is 9.39. The molecule has 3 nitrogen and oxygen atoms in total. The van der Waals surface area contributed by atoms with Gasteiger partial charge in [-0.2, -0.15) is 5.26 Å². The van der Waals surface area contributed by atoms with Crippen LogP contribution in [0, 0.1) is 17.2 Å². The maximum Gasteiger partial charge on any atom is 0.134 e. The van der Waals surface area contributed by atoms with Gasteiger partial charge in [0.05, 0.1) is 11.3 Å². The predicted molar refractivity (Wildman–Crippen MR) is 81.0 cm³/mol. The first-order chi connectivity index (χ1) is 9.76. The van der Waals surface area contributed by atoms with Crippen molar-refractivity contribution in [2.45, 2.75) is 26.2 Å². The first-order valence-corrected chi connectivity index (χ1v) is 7.58. The van der Waals surface area contributed by atoms with E-state index in [1.807, 2.05) is 18.2 Å². The van der Waals surface area contributed by atoms with Crippen molar-refractivity contribution in [2.75, 3.05) is 0 Å². The summed E-state index contributed by atoms with van der Waals surface area (Å²) in [6.45, 7) is 2.28. The summed E-state index contributed by atoms with van der Waals surface area (Å²) in [7, 11) is 0. The van der Waals surface area contributed by atoms with Crippen LogP contribution < -0.4 is 0 Å². The Morgan fingerprint density at radius 3 is 3.00 bits per heavy atom. The summed E-state index contributed by atoms with van der Waals surface area (Å²) in [5.74, 6) is 0.727. The molecule has 0 bridgehead atoms. The number of nitrogens with zero attached hydrogens (tertiary/aromatic N) is 3. The SMILES string of the molecule is CC1CCc2nc(/C(C#N)=C/c3ccncc3)sc2C1. The molecule has 1 aliphatic rings. The molecule has 4 heteroatoms. The third-order valence-corrected chi connectivity index (χ3v) is 4.71. The van der Waals surface area contributed by atoms with Gasteiger partial charge in [-0.1, -0.05) is 6.92 Å². The summed E-state index contributed by atoms with van der Waals surface area (Å²) in [5, 5.41) is 10.2. The summed E-state index contributed by atoms with van der Waals surface area (Å²) in [4.78, 5) is 10.0. The highest BCUT2D eigenvalue weighted by Crippen LogP contribution is 2.32. The van der Waals surface area contributed by atoms with Crippen LogP contribution in [0.4, 0.5) is 0 Å². The van der Waals surface area contributed by atoms with Gasteiger partial charge in [0, 0.05) is 17.3 Å². The molecule has 0 saturated heterocycles. The molecule has 1 aliphatic carbocycles. The number of aromatic nitrogens is 2. The molecular weight excluding hydrogens is 266 g/mol. The van der Waals surface area contributed by atoms with E-state index < -0.39 is 0 Å². The van der Waals surface area contributed by atoms with Gasteiger partial charge in [0.25, 0.3) is 0 Å². The van der Waals surface area contributed by atoms with Crippen molar-refractivity contribution in [3.63, 3.8) is 0 Å². The number of thiazole rings is 1. The van der Waals surface area contributed by atoms with E-state index in [-0.39, 0.29) is 0 Å². The van der Waals surface area contributed by atoms with Crippen LogP contribution in [-0.2, 0) is 12.8 Å². The summed E-state index contributed by atoms with van der Waals surface area (Å²) in [5.41, 5.74) is 2.82. The fourth-order valence-electron chi connectivity index (χ4n) is 2.42. The smallest absolute Gasteiger partial charge is 0.134 e. The highest BCUT2D eigenvalue weighted by atomic mass is 32.1. The Morgan fingerprint density at radius 1 is 1.45 bits per heavy atom. The number of hydrogen-bond donors (Lipinski definition) is 0. The predicted octanol–water partition coefficient (Wildman–Crippen LogP) is 3.73. The van der Waals surface area contributed by atoms with Crippen LogP contribution in [0.2, 0.25) is 0 Å². The van der Waals surface area contributed by atoms with E-state index in [9.17, 15) is 5.26 Å². The summed E-state index contributed by atoms with van der Waals surface area (Å²) < 4.78 is 0. The number of nitriles is 1. The van der Waals surface area contributed by atoms with Crippen LogP contribution >= 0.6 is 11.3 Å². The molecule has 1 atom stereocenters. The van der Waals surface area contributed by atoms with Crippen LogP contribution in [0.1, 0.15) is 34.5 Å². The Morgan fingerprint density at radius 2 is 2.25 bits per heavy atom. The fraction of sp³-hybridized carbons (Fsp3) is 0.312. The second-order valence-electron chi connectivity index (χ2n) is 5.19. The Bertz CT molecular complexity index is 679. The van der Waals surface area contributed by atoms with E-state index in [1.165, 1.54) is 17.0 Å². The zero-order chi connectivity index (χ0) is 13.9. The summed E-state index contributed by atoms with van der Waals surface area (Å²) in [6, 6.07) is 6.07. The van der Waals surface area contributed by atoms with Crippen LogP contribution in [0.15, 0.2) is 24.5 Å². The van der Waals surface area contributed by atoms with Gasteiger partial charge in [-0.05, 0) is 49.0 Å². The monoisotopic (exact) mass is 281 g/mol. The van der Waals surface area contributed by atoms with E-state index in [4.69, 9.17) is 0 Å². The van der Waals surface area contributed by atoms with Gasteiger partial charge in [-0.25, -0.2) is 4.98 Å². The molecule has 20 heavy (non-hydrogen) atoms. The van der Waals surface area contributed by atoms with Crippen molar-refractivity contribution in [1.82, 2.24) is 9.97 Å². The van der Waals surface area contributed by atoms with Crippen LogP contribution in [0.5, 0.6) is 0 Å². The third kappa shape index (κ3) is 2.63. The van der Waals surface area contributed by atoms with Gasteiger partial charge in [-0.15, -0.1) is 11.3 Å². The number of fused-ring (bicyclic) bond motifs is 1. The molecule has 0 amide bonds. The lowest BCUT2D eigenvalue weighted by atomic mass is 9.93. The van der Waals surface area contributed by atoms with Crippen molar-refractivity contribution in [3.05, 3.63) is 45.7 Å². The first-order valence-electron chi connectivity index (χ1n) is 6.77. The van der Waals surface area contributed by atoms with Gasteiger partial charge < -0.3 is 0 Å². The van der Waals surface area contributed by atoms with E-state index >= 15 is 0 Å². The Kier molecular flexibility index (Phi) is 3.62. The van der Waals surface area contributed by atoms with E-state index in [1.54, 1.807) is 23.7 Å². The molecule has 1 unspecified atom stereocenters. The largest absolute Gasteiger partial charge is 0.265 e. The second-order valence-corrected chi connectivity index (χ2v) is 6.27. The zero-order valence-corrected chi connectivity index (χ0v) is 12.2. The minimum absolute atomic E-state index is 0.642. The number of rotatable bonds is 2. The minimum atomic E-state index is 0.642. The lowest BCUT2D eigenvalue weighted by molar-refractivity contribution is 0.502. The number of aryl methyl sites for hydroxylation is 1. The zero-order valence-electron chi connectivity index (χ0n) is 11.3. The van der Waals surface area contributed by atoms with E-state index in [0.29, 0.717) is 5.57 Å². The second kappa shape index (κ2) is 5.56. The van der Waals surface area contributed by atoms with E-state index in [0.717, 1.165) is 29.3 Å². The lowest BCUT2D eigenvalue weighted by Gasteiger charge is -2.15. The molecule has 2 heterocycles.